The second-order valence-electron chi connectivity index (χ2n) is 20.5. The Labute approximate surface area is 480 Å². The molecule has 0 aromatic heterocycles. The van der Waals surface area contributed by atoms with Crippen LogP contribution in [0, 0.1) is 0 Å². The number of rotatable bonds is 56. The molecule has 0 bridgehead atoms. The van der Waals surface area contributed by atoms with Gasteiger partial charge in [0.1, 0.15) is 13.2 Å². The minimum Gasteiger partial charge on any atom is -0.462 e. The molecule has 0 aliphatic carbocycles. The molecule has 1 unspecified atom stereocenters. The van der Waals surface area contributed by atoms with E-state index in [0.29, 0.717) is 19.3 Å². The van der Waals surface area contributed by atoms with Gasteiger partial charge in [-0.3, -0.25) is 14.4 Å². The molecule has 0 fully saturated rings. The highest BCUT2D eigenvalue weighted by atomic mass is 16.6. The molecule has 0 saturated heterocycles. The minimum atomic E-state index is -0.809. The summed E-state index contributed by atoms with van der Waals surface area (Å²) in [6.45, 7) is 6.36. The van der Waals surface area contributed by atoms with E-state index in [-0.39, 0.29) is 31.1 Å². The number of unbranched alkanes of at least 4 members (excludes halogenated alkanes) is 21. The maximum atomic E-state index is 12.9. The number of carbonyl (C=O) groups excluding carboxylic acids is 3. The number of ether oxygens (including phenoxy) is 3. The summed E-state index contributed by atoms with van der Waals surface area (Å²) in [6, 6.07) is 0. The molecule has 0 rings (SSSR count). The van der Waals surface area contributed by atoms with Crippen molar-refractivity contribution in [1.82, 2.24) is 0 Å². The van der Waals surface area contributed by atoms with E-state index >= 15 is 0 Å². The monoisotopic (exact) mass is 1080 g/mol. The Morgan fingerprint density at radius 1 is 0.269 bits per heavy atom. The summed E-state index contributed by atoms with van der Waals surface area (Å²) < 4.78 is 16.9. The fraction of sp³-hybridized carbons (Fsp3) is 0.625. The Morgan fingerprint density at radius 2 is 0.500 bits per heavy atom. The third-order valence-electron chi connectivity index (χ3n) is 13.1. The molecule has 0 aromatic carbocycles. The van der Waals surface area contributed by atoms with E-state index in [4.69, 9.17) is 14.2 Å². The van der Waals surface area contributed by atoms with Gasteiger partial charge in [0.2, 0.25) is 0 Å². The summed E-state index contributed by atoms with van der Waals surface area (Å²) in [5, 5.41) is 0. The number of allylic oxidation sites excluding steroid dienone is 24. The third kappa shape index (κ3) is 62.1. The second-order valence-corrected chi connectivity index (χ2v) is 20.5. The lowest BCUT2D eigenvalue weighted by Crippen LogP contribution is -2.30. The quantitative estimate of drug-likeness (QED) is 0.0261. The SMILES string of the molecule is CC/C=C\C/C=C\C/C=C\C/C=C\C/C=C\C/C=C\C/C=C\CCCCCC(=O)OCC(COC(=O)CCCCCCCCC/C=C\C/C=C\C/C=C\CC)OC(=O)CCCCCCCCC/C=C\C/C=C\CCCCCC. The standard InChI is InChI=1S/C72H116O6/c1-4-7-10-13-16-19-22-25-28-31-33-34-35-36-37-38-39-42-44-47-50-53-56-59-62-65-71(74)77-68-69(67-76-70(73)64-61-58-55-52-49-46-43-40-30-27-24-21-18-15-12-9-6-3)78-72(75)66-63-60-57-54-51-48-45-41-32-29-26-23-20-17-14-11-8-5-2/h7,9-10,12,16,18-21,23,25,27-30,32-34,36-37,39,42,47,50,69H,4-6,8,11,13-15,17,22,24,26,31,35,38,40-41,43-46,48-49,51-68H2,1-3H3/b10-7-,12-9-,19-16-,21-18-,23-20-,28-25-,30-27-,32-29-,34-33-,37-36-,42-39-,50-47-. The highest BCUT2D eigenvalue weighted by Crippen LogP contribution is 2.14. The van der Waals surface area contributed by atoms with Gasteiger partial charge in [0.05, 0.1) is 0 Å². The van der Waals surface area contributed by atoms with Gasteiger partial charge in [-0.25, -0.2) is 0 Å². The molecule has 0 aromatic rings. The highest BCUT2D eigenvalue weighted by molar-refractivity contribution is 5.71. The summed E-state index contributed by atoms with van der Waals surface area (Å²) in [6.07, 6.45) is 92.7. The van der Waals surface area contributed by atoms with Gasteiger partial charge in [0.15, 0.2) is 6.10 Å². The molecule has 6 nitrogen and oxygen atoms in total. The minimum absolute atomic E-state index is 0.102. The number of hydrogen-bond donors (Lipinski definition) is 0. The number of hydrogen-bond acceptors (Lipinski definition) is 6. The van der Waals surface area contributed by atoms with Crippen molar-refractivity contribution in [2.45, 2.75) is 277 Å². The van der Waals surface area contributed by atoms with E-state index in [9.17, 15) is 14.4 Å². The van der Waals surface area contributed by atoms with Crippen LogP contribution in [-0.2, 0) is 28.6 Å². The molecular weight excluding hydrogens is 961 g/mol. The van der Waals surface area contributed by atoms with Crippen LogP contribution in [0.25, 0.3) is 0 Å². The van der Waals surface area contributed by atoms with Crippen LogP contribution in [0.15, 0.2) is 146 Å². The van der Waals surface area contributed by atoms with Crippen LogP contribution in [0.3, 0.4) is 0 Å². The summed E-state index contributed by atoms with van der Waals surface area (Å²) in [4.78, 5) is 38.3. The normalized spacial score (nSPS) is 13.1. The first kappa shape index (κ1) is 73.3. The molecule has 78 heavy (non-hydrogen) atoms. The molecule has 0 heterocycles. The molecule has 0 N–H and O–H groups in total. The lowest BCUT2D eigenvalue weighted by Gasteiger charge is -2.18. The van der Waals surface area contributed by atoms with Gasteiger partial charge in [-0.1, -0.05) is 256 Å². The number of carbonyl (C=O) groups is 3. The lowest BCUT2D eigenvalue weighted by molar-refractivity contribution is -0.167. The van der Waals surface area contributed by atoms with Crippen molar-refractivity contribution in [2.24, 2.45) is 0 Å². The lowest BCUT2D eigenvalue weighted by atomic mass is 10.1. The van der Waals surface area contributed by atoms with E-state index in [0.717, 1.165) is 148 Å². The third-order valence-corrected chi connectivity index (χ3v) is 13.1. The molecule has 0 radical (unpaired) electrons. The summed E-state index contributed by atoms with van der Waals surface area (Å²) in [5.41, 5.74) is 0. The molecule has 0 amide bonds. The summed E-state index contributed by atoms with van der Waals surface area (Å²) in [5.74, 6) is -0.953. The van der Waals surface area contributed by atoms with Crippen LogP contribution in [0.5, 0.6) is 0 Å². The average Bonchev–Trinajstić information content (AvgIpc) is 3.44. The Kier molecular flexibility index (Phi) is 60.9. The summed E-state index contributed by atoms with van der Waals surface area (Å²) >= 11 is 0. The molecule has 0 saturated carbocycles. The van der Waals surface area contributed by atoms with Crippen molar-refractivity contribution in [1.29, 1.82) is 0 Å². The zero-order chi connectivity index (χ0) is 56.4. The van der Waals surface area contributed by atoms with E-state index < -0.39 is 6.10 Å². The van der Waals surface area contributed by atoms with Gasteiger partial charge in [-0.15, -0.1) is 0 Å². The van der Waals surface area contributed by atoms with Crippen molar-refractivity contribution >= 4 is 17.9 Å². The largest absolute Gasteiger partial charge is 0.462 e. The van der Waals surface area contributed by atoms with E-state index in [2.05, 4.69) is 167 Å². The van der Waals surface area contributed by atoms with Crippen LogP contribution in [0.2, 0.25) is 0 Å². The van der Waals surface area contributed by atoms with Crippen molar-refractivity contribution in [3.8, 4) is 0 Å². The van der Waals surface area contributed by atoms with E-state index in [1.165, 1.54) is 83.5 Å². The fourth-order valence-corrected chi connectivity index (χ4v) is 8.35. The predicted octanol–water partition coefficient (Wildman–Crippen LogP) is 21.9. The van der Waals surface area contributed by atoms with Gasteiger partial charge >= 0.3 is 17.9 Å². The molecule has 0 aliphatic rings. The van der Waals surface area contributed by atoms with Gasteiger partial charge in [-0.2, -0.15) is 0 Å². The van der Waals surface area contributed by atoms with Crippen LogP contribution < -0.4 is 0 Å². The highest BCUT2D eigenvalue weighted by Gasteiger charge is 2.19. The summed E-state index contributed by atoms with van der Waals surface area (Å²) in [7, 11) is 0. The molecule has 6 heteroatoms. The maximum Gasteiger partial charge on any atom is 0.306 e. The van der Waals surface area contributed by atoms with Crippen molar-refractivity contribution < 1.29 is 28.6 Å². The zero-order valence-electron chi connectivity index (χ0n) is 50.4. The van der Waals surface area contributed by atoms with Crippen molar-refractivity contribution in [2.75, 3.05) is 13.2 Å². The van der Waals surface area contributed by atoms with Gasteiger partial charge in [0, 0.05) is 19.3 Å². The Hall–Kier alpha value is -4.71. The second kappa shape index (κ2) is 64.8. The first-order valence-electron chi connectivity index (χ1n) is 31.8. The van der Waals surface area contributed by atoms with Gasteiger partial charge in [-0.05, 0) is 141 Å². The first-order chi connectivity index (χ1) is 38.5. The molecule has 1 atom stereocenters. The molecule has 0 aliphatic heterocycles. The molecule has 0 spiro atoms. The number of esters is 3. The van der Waals surface area contributed by atoms with E-state index in [1.54, 1.807) is 0 Å². The van der Waals surface area contributed by atoms with Crippen LogP contribution in [0.1, 0.15) is 271 Å². The fourth-order valence-electron chi connectivity index (χ4n) is 8.35. The predicted molar refractivity (Wildman–Crippen MR) is 339 cm³/mol. The van der Waals surface area contributed by atoms with E-state index in [1.807, 2.05) is 0 Å². The van der Waals surface area contributed by atoms with Crippen molar-refractivity contribution in [3.63, 3.8) is 0 Å². The van der Waals surface area contributed by atoms with Gasteiger partial charge < -0.3 is 14.2 Å². The van der Waals surface area contributed by atoms with Crippen LogP contribution in [0.4, 0.5) is 0 Å². The average molecular weight is 1080 g/mol. The Bertz CT molecular complexity index is 1710. The Balaban J connectivity index is 4.49. The molecule has 440 valence electrons. The Morgan fingerprint density at radius 3 is 0.795 bits per heavy atom. The topological polar surface area (TPSA) is 78.9 Å². The van der Waals surface area contributed by atoms with Crippen molar-refractivity contribution in [3.05, 3.63) is 146 Å². The maximum absolute atomic E-state index is 12.9. The van der Waals surface area contributed by atoms with Gasteiger partial charge in [0.25, 0.3) is 0 Å². The first-order valence-corrected chi connectivity index (χ1v) is 31.8. The van der Waals surface area contributed by atoms with Crippen LogP contribution >= 0.6 is 0 Å². The molecular formula is C72H116O6. The smallest absolute Gasteiger partial charge is 0.306 e. The zero-order valence-corrected chi connectivity index (χ0v) is 50.4. The van der Waals surface area contributed by atoms with Crippen LogP contribution in [-0.4, -0.2) is 37.2 Å².